The van der Waals surface area contributed by atoms with Gasteiger partial charge in [0.1, 0.15) is 0 Å². The summed E-state index contributed by atoms with van der Waals surface area (Å²) in [5.74, 6) is 0. The van der Waals surface area contributed by atoms with Crippen LogP contribution >= 0.6 is 0 Å². The first-order valence-corrected chi connectivity index (χ1v) is 7.97. The fraction of sp³-hybridized carbons (Fsp3) is 1.00. The van der Waals surface area contributed by atoms with Crippen molar-refractivity contribution in [1.29, 1.82) is 0 Å². The molecule has 3 nitrogen and oxygen atoms in total. The molecule has 3 unspecified atom stereocenters. The van der Waals surface area contributed by atoms with Crippen LogP contribution in [0.2, 0.25) is 0 Å². The van der Waals surface area contributed by atoms with E-state index in [1.54, 1.807) is 0 Å². The zero-order valence-corrected chi connectivity index (χ0v) is 12.1. The van der Waals surface area contributed by atoms with Crippen molar-refractivity contribution in [3.8, 4) is 0 Å². The third-order valence-electron chi connectivity index (χ3n) is 5.08. The molecule has 3 heteroatoms. The highest BCUT2D eigenvalue weighted by molar-refractivity contribution is 4.92. The van der Waals surface area contributed by atoms with Crippen molar-refractivity contribution in [3.63, 3.8) is 0 Å². The molecule has 3 aliphatic rings. The molecule has 1 N–H and O–H groups in total. The van der Waals surface area contributed by atoms with E-state index in [2.05, 4.69) is 29.0 Å². The first-order valence-electron chi connectivity index (χ1n) is 7.97. The second-order valence-corrected chi connectivity index (χ2v) is 6.72. The van der Waals surface area contributed by atoms with E-state index in [-0.39, 0.29) is 0 Å². The van der Waals surface area contributed by atoms with Crippen LogP contribution in [0, 0.1) is 0 Å². The van der Waals surface area contributed by atoms with Gasteiger partial charge in [0, 0.05) is 43.8 Å². The molecule has 1 saturated carbocycles. The third-order valence-corrected chi connectivity index (χ3v) is 5.08. The quantitative estimate of drug-likeness (QED) is 0.820. The van der Waals surface area contributed by atoms with E-state index >= 15 is 0 Å². The number of nitrogens with one attached hydrogen (secondary N) is 1. The number of hydrogen-bond acceptors (Lipinski definition) is 3. The molecule has 0 aromatic rings. The van der Waals surface area contributed by atoms with Crippen molar-refractivity contribution in [2.45, 2.75) is 70.1 Å². The molecule has 18 heavy (non-hydrogen) atoms. The maximum Gasteiger partial charge on any atom is 0.0224 e. The number of piperazine rings is 1. The minimum absolute atomic E-state index is 0.699. The van der Waals surface area contributed by atoms with Gasteiger partial charge in [-0.2, -0.15) is 0 Å². The summed E-state index contributed by atoms with van der Waals surface area (Å²) in [7, 11) is 0. The largest absolute Gasteiger partial charge is 0.312 e. The number of piperidine rings is 1. The molecular formula is C15H29N3. The molecule has 0 spiro atoms. The van der Waals surface area contributed by atoms with Crippen molar-refractivity contribution in [2.75, 3.05) is 26.2 Å². The van der Waals surface area contributed by atoms with E-state index in [1.807, 2.05) is 0 Å². The van der Waals surface area contributed by atoms with E-state index in [4.69, 9.17) is 0 Å². The summed E-state index contributed by atoms with van der Waals surface area (Å²) >= 11 is 0. The maximum atomic E-state index is 3.69. The molecule has 1 aliphatic carbocycles. The third kappa shape index (κ3) is 2.89. The fourth-order valence-corrected chi connectivity index (χ4v) is 3.73. The standard InChI is InChI=1S/C15H29N3/c1-12(9-16-14-6-7-14)18-11-15-5-3-4-8-17(15)10-13(18)2/h12-16H,3-11H2,1-2H3. The van der Waals surface area contributed by atoms with Crippen molar-refractivity contribution in [2.24, 2.45) is 0 Å². The Balaban J connectivity index is 1.53. The van der Waals surface area contributed by atoms with Crippen LogP contribution in [0.4, 0.5) is 0 Å². The van der Waals surface area contributed by atoms with E-state index in [9.17, 15) is 0 Å². The molecule has 0 amide bonds. The first kappa shape index (κ1) is 12.9. The Bertz CT molecular complexity index is 277. The van der Waals surface area contributed by atoms with Crippen LogP contribution in [-0.2, 0) is 0 Å². The maximum absolute atomic E-state index is 3.69. The lowest BCUT2D eigenvalue weighted by molar-refractivity contribution is -0.00378. The van der Waals surface area contributed by atoms with Crippen molar-refractivity contribution >= 4 is 0 Å². The molecule has 2 heterocycles. The van der Waals surface area contributed by atoms with Crippen LogP contribution in [0.15, 0.2) is 0 Å². The van der Waals surface area contributed by atoms with Crippen LogP contribution < -0.4 is 5.32 Å². The summed E-state index contributed by atoms with van der Waals surface area (Å²) in [6, 6.07) is 3.12. The van der Waals surface area contributed by atoms with Gasteiger partial charge in [-0.1, -0.05) is 6.42 Å². The van der Waals surface area contributed by atoms with Gasteiger partial charge < -0.3 is 5.32 Å². The highest BCUT2D eigenvalue weighted by atomic mass is 15.3. The lowest BCUT2D eigenvalue weighted by atomic mass is 9.96. The van der Waals surface area contributed by atoms with E-state index in [1.165, 1.54) is 58.3 Å². The lowest BCUT2D eigenvalue weighted by Gasteiger charge is -2.49. The number of hydrogen-bond donors (Lipinski definition) is 1. The Kier molecular flexibility index (Phi) is 3.92. The van der Waals surface area contributed by atoms with Gasteiger partial charge in [0.2, 0.25) is 0 Å². The van der Waals surface area contributed by atoms with Gasteiger partial charge in [-0.15, -0.1) is 0 Å². The average molecular weight is 251 g/mol. The molecular weight excluding hydrogens is 222 g/mol. The monoisotopic (exact) mass is 251 g/mol. The molecule has 3 rings (SSSR count). The number of nitrogens with zero attached hydrogens (tertiary/aromatic N) is 2. The molecule has 0 aromatic heterocycles. The van der Waals surface area contributed by atoms with Gasteiger partial charge in [-0.3, -0.25) is 9.80 Å². The van der Waals surface area contributed by atoms with Gasteiger partial charge in [0.25, 0.3) is 0 Å². The molecule has 104 valence electrons. The second-order valence-electron chi connectivity index (χ2n) is 6.72. The first-order chi connectivity index (χ1) is 8.74. The minimum Gasteiger partial charge on any atom is -0.312 e. The highest BCUT2D eigenvalue weighted by Crippen LogP contribution is 2.25. The molecule has 0 aromatic carbocycles. The predicted octanol–water partition coefficient (Wildman–Crippen LogP) is 1.69. The zero-order valence-electron chi connectivity index (χ0n) is 12.1. The van der Waals surface area contributed by atoms with Gasteiger partial charge >= 0.3 is 0 Å². The summed E-state index contributed by atoms with van der Waals surface area (Å²) in [6.07, 6.45) is 7.09. The Labute approximate surface area is 112 Å². The van der Waals surface area contributed by atoms with Crippen molar-refractivity contribution < 1.29 is 0 Å². The molecule has 2 saturated heterocycles. The summed E-state index contributed by atoms with van der Waals surface area (Å²) < 4.78 is 0. The average Bonchev–Trinajstić information content (AvgIpc) is 3.19. The smallest absolute Gasteiger partial charge is 0.0224 e. The predicted molar refractivity (Wildman–Crippen MR) is 75.9 cm³/mol. The van der Waals surface area contributed by atoms with Crippen LogP contribution in [0.25, 0.3) is 0 Å². The Morgan fingerprint density at radius 2 is 2.00 bits per heavy atom. The van der Waals surface area contributed by atoms with Crippen LogP contribution in [0.5, 0.6) is 0 Å². The minimum atomic E-state index is 0.699. The van der Waals surface area contributed by atoms with E-state index in [0.717, 1.165) is 18.1 Å². The summed E-state index contributed by atoms with van der Waals surface area (Å²) in [6.45, 7) is 9.94. The zero-order chi connectivity index (χ0) is 12.5. The van der Waals surface area contributed by atoms with Crippen LogP contribution in [0.1, 0.15) is 46.0 Å². The molecule has 3 atom stereocenters. The normalized spacial score (nSPS) is 36.3. The van der Waals surface area contributed by atoms with Crippen LogP contribution in [0.3, 0.4) is 0 Å². The number of rotatable bonds is 4. The Hall–Kier alpha value is -0.120. The van der Waals surface area contributed by atoms with Gasteiger partial charge in [0.15, 0.2) is 0 Å². The fourth-order valence-electron chi connectivity index (χ4n) is 3.73. The van der Waals surface area contributed by atoms with Gasteiger partial charge in [-0.25, -0.2) is 0 Å². The second kappa shape index (κ2) is 5.48. The SMILES string of the molecule is CC(CNC1CC1)N1CC2CCCCN2CC1C. The van der Waals surface area contributed by atoms with Gasteiger partial charge in [-0.05, 0) is 46.1 Å². The molecule has 0 radical (unpaired) electrons. The highest BCUT2D eigenvalue weighted by Gasteiger charge is 2.35. The topological polar surface area (TPSA) is 18.5 Å². The molecule has 0 bridgehead atoms. The summed E-state index contributed by atoms with van der Waals surface area (Å²) in [4.78, 5) is 5.49. The summed E-state index contributed by atoms with van der Waals surface area (Å²) in [5, 5.41) is 3.69. The number of fused-ring (bicyclic) bond motifs is 1. The molecule has 3 fully saturated rings. The van der Waals surface area contributed by atoms with Crippen LogP contribution in [-0.4, -0.2) is 60.1 Å². The van der Waals surface area contributed by atoms with Gasteiger partial charge in [0.05, 0.1) is 0 Å². The molecule has 2 aliphatic heterocycles. The lowest BCUT2D eigenvalue weighted by Crippen LogP contribution is -2.61. The van der Waals surface area contributed by atoms with E-state index < -0.39 is 0 Å². The summed E-state index contributed by atoms with van der Waals surface area (Å²) in [5.41, 5.74) is 0. The van der Waals surface area contributed by atoms with Crippen molar-refractivity contribution in [1.82, 2.24) is 15.1 Å². The Morgan fingerprint density at radius 3 is 2.78 bits per heavy atom. The van der Waals surface area contributed by atoms with E-state index in [0.29, 0.717) is 6.04 Å². The van der Waals surface area contributed by atoms with Crippen molar-refractivity contribution in [3.05, 3.63) is 0 Å². The Morgan fingerprint density at radius 1 is 1.17 bits per heavy atom.